The van der Waals surface area contributed by atoms with Gasteiger partial charge in [0.05, 0.1) is 17.1 Å². The molecule has 38 heavy (non-hydrogen) atoms. The molecule has 4 rings (SSSR count). The van der Waals surface area contributed by atoms with E-state index in [1.807, 2.05) is 0 Å². The van der Waals surface area contributed by atoms with Gasteiger partial charge in [-0.05, 0) is 63.1 Å². The molecule has 1 atom stereocenters. The van der Waals surface area contributed by atoms with Crippen LogP contribution in [0, 0.1) is 25.1 Å². The summed E-state index contributed by atoms with van der Waals surface area (Å²) in [5.41, 5.74) is -1.09. The highest BCUT2D eigenvalue weighted by Crippen LogP contribution is 2.41. The number of benzene rings is 2. The fourth-order valence-corrected chi connectivity index (χ4v) is 4.25. The van der Waals surface area contributed by atoms with E-state index >= 15 is 4.39 Å². The van der Waals surface area contributed by atoms with E-state index in [1.165, 1.54) is 22.8 Å². The highest BCUT2D eigenvalue weighted by Gasteiger charge is 2.49. The number of aromatic nitrogens is 3. The summed E-state index contributed by atoms with van der Waals surface area (Å²) in [6.07, 6.45) is 7.44. The van der Waals surface area contributed by atoms with E-state index < -0.39 is 28.9 Å². The lowest BCUT2D eigenvalue weighted by Gasteiger charge is -2.30. The summed E-state index contributed by atoms with van der Waals surface area (Å²) in [6.45, 7) is 5.18. The van der Waals surface area contributed by atoms with E-state index in [9.17, 15) is 18.7 Å². The van der Waals surface area contributed by atoms with Gasteiger partial charge in [-0.25, -0.2) is 14.4 Å². The first-order valence-electron chi connectivity index (χ1n) is 11.9. The number of halogens is 3. The molecule has 1 unspecified atom stereocenters. The normalized spacial score (nSPS) is 12.8. The summed E-state index contributed by atoms with van der Waals surface area (Å²) >= 11 is 0. The van der Waals surface area contributed by atoms with Crippen molar-refractivity contribution in [1.29, 1.82) is 0 Å². The Morgan fingerprint density at radius 1 is 1.16 bits per heavy atom. The molecule has 0 amide bonds. The van der Waals surface area contributed by atoms with Crippen LogP contribution in [0.3, 0.4) is 0 Å². The molecule has 2 aromatic carbocycles. The second kappa shape index (κ2) is 9.62. The maximum atomic E-state index is 15.4. The number of aliphatic hydroxyl groups is 1. The molecule has 9 heteroatoms. The van der Waals surface area contributed by atoms with Crippen LogP contribution in [0.15, 0.2) is 53.5 Å². The fourth-order valence-electron chi connectivity index (χ4n) is 4.25. The molecule has 2 heterocycles. The van der Waals surface area contributed by atoms with Crippen molar-refractivity contribution in [3.05, 3.63) is 87.3 Å². The number of alkyl halides is 2. The molecule has 196 valence electrons. The van der Waals surface area contributed by atoms with Crippen molar-refractivity contribution in [1.82, 2.24) is 14.5 Å². The lowest BCUT2D eigenvalue weighted by Crippen LogP contribution is -2.41. The van der Waals surface area contributed by atoms with Gasteiger partial charge in [0.2, 0.25) is 5.56 Å². The summed E-state index contributed by atoms with van der Waals surface area (Å²) in [7, 11) is 1.63. The summed E-state index contributed by atoms with van der Waals surface area (Å²) < 4.78 is 46.5. The molecule has 0 aliphatic carbocycles. The second-order valence-electron chi connectivity index (χ2n) is 9.75. The summed E-state index contributed by atoms with van der Waals surface area (Å²) in [4.78, 5) is 20.9. The minimum absolute atomic E-state index is 0.0191. The first-order valence-corrected chi connectivity index (χ1v) is 11.9. The van der Waals surface area contributed by atoms with Gasteiger partial charge < -0.3 is 15.0 Å². The van der Waals surface area contributed by atoms with Crippen molar-refractivity contribution in [2.24, 2.45) is 7.05 Å². The third-order valence-electron chi connectivity index (χ3n) is 6.45. The van der Waals surface area contributed by atoms with Crippen LogP contribution in [-0.2, 0) is 13.0 Å². The van der Waals surface area contributed by atoms with Gasteiger partial charge in [0.15, 0.2) is 0 Å². The Kier molecular flexibility index (Phi) is 6.80. The second-order valence-corrected chi connectivity index (χ2v) is 9.75. The van der Waals surface area contributed by atoms with Gasteiger partial charge in [-0.3, -0.25) is 4.79 Å². The van der Waals surface area contributed by atoms with Crippen molar-refractivity contribution in [2.75, 3.05) is 5.32 Å². The Morgan fingerprint density at radius 2 is 1.87 bits per heavy atom. The number of anilines is 1. The minimum Gasteiger partial charge on any atom is -0.384 e. The van der Waals surface area contributed by atoms with Gasteiger partial charge in [-0.1, -0.05) is 18.1 Å². The van der Waals surface area contributed by atoms with Gasteiger partial charge in [0, 0.05) is 35.8 Å². The molecule has 0 saturated carbocycles. The molecule has 2 N–H and O–H groups in total. The smallest absolute Gasteiger partial charge is 0.303 e. The number of rotatable bonds is 6. The summed E-state index contributed by atoms with van der Waals surface area (Å²) in [5.74, 6) is -1.50. The standard InChI is InChI=1S/C29H27F3N4O2/c1-7-18-13-24-22(14-21(18)19-11-12-25(37)36(6)15-19)27(35-17(3)34-24)33-16(2)20-9-8-10-23(26(20)30)29(31,32)28(4,5)38/h1,8-16,38H,2-6H3,(H,33,34,35). The fraction of sp³-hybridized carbons (Fsp3) is 0.276. The van der Waals surface area contributed by atoms with Gasteiger partial charge in [0.1, 0.15) is 23.1 Å². The molecule has 0 bridgehead atoms. The van der Waals surface area contributed by atoms with E-state index in [0.29, 0.717) is 39.2 Å². The van der Waals surface area contributed by atoms with Crippen LogP contribution < -0.4 is 10.9 Å². The largest absolute Gasteiger partial charge is 0.384 e. The van der Waals surface area contributed by atoms with Crippen LogP contribution in [0.5, 0.6) is 0 Å². The number of aryl methyl sites for hydroxylation is 2. The zero-order valence-corrected chi connectivity index (χ0v) is 21.6. The van der Waals surface area contributed by atoms with Gasteiger partial charge in [-0.2, -0.15) is 8.78 Å². The third kappa shape index (κ3) is 4.75. The first kappa shape index (κ1) is 26.9. The molecule has 2 aromatic heterocycles. The minimum atomic E-state index is -3.82. The maximum absolute atomic E-state index is 15.4. The van der Waals surface area contributed by atoms with E-state index in [0.717, 1.165) is 19.9 Å². The Morgan fingerprint density at radius 3 is 2.50 bits per heavy atom. The average molecular weight is 521 g/mol. The number of terminal acetylenes is 1. The molecule has 0 aliphatic rings. The van der Waals surface area contributed by atoms with Crippen LogP contribution in [0.25, 0.3) is 22.0 Å². The molecule has 4 aromatic rings. The first-order chi connectivity index (χ1) is 17.7. The lowest BCUT2D eigenvalue weighted by molar-refractivity contribution is -0.170. The maximum Gasteiger partial charge on any atom is 0.303 e. The Bertz CT molecular complexity index is 1650. The van der Waals surface area contributed by atoms with E-state index in [2.05, 4.69) is 21.2 Å². The predicted molar refractivity (Wildman–Crippen MR) is 142 cm³/mol. The summed E-state index contributed by atoms with van der Waals surface area (Å²) in [6, 6.07) is 9.53. The highest BCUT2D eigenvalue weighted by atomic mass is 19.3. The van der Waals surface area contributed by atoms with E-state index in [-0.39, 0.29) is 11.1 Å². The topological polar surface area (TPSA) is 80.0 Å². The predicted octanol–water partition coefficient (Wildman–Crippen LogP) is 5.46. The average Bonchev–Trinajstić information content (AvgIpc) is 2.84. The Balaban J connectivity index is 1.83. The van der Waals surface area contributed by atoms with Crippen LogP contribution in [0.2, 0.25) is 0 Å². The van der Waals surface area contributed by atoms with Crippen LogP contribution in [0.1, 0.15) is 49.3 Å². The number of nitrogens with zero attached hydrogens (tertiary/aromatic N) is 3. The zero-order chi connectivity index (χ0) is 28.0. The van der Waals surface area contributed by atoms with Gasteiger partial charge >= 0.3 is 5.92 Å². The van der Waals surface area contributed by atoms with E-state index in [1.54, 1.807) is 45.3 Å². The van der Waals surface area contributed by atoms with Gasteiger partial charge in [-0.15, -0.1) is 6.42 Å². The molecular weight excluding hydrogens is 493 g/mol. The third-order valence-corrected chi connectivity index (χ3v) is 6.45. The van der Waals surface area contributed by atoms with Crippen molar-refractivity contribution < 1.29 is 18.3 Å². The zero-order valence-electron chi connectivity index (χ0n) is 21.6. The van der Waals surface area contributed by atoms with Crippen molar-refractivity contribution in [3.8, 4) is 23.5 Å². The number of fused-ring (bicyclic) bond motifs is 1. The van der Waals surface area contributed by atoms with Crippen LogP contribution >= 0.6 is 0 Å². The van der Waals surface area contributed by atoms with E-state index in [4.69, 9.17) is 6.42 Å². The van der Waals surface area contributed by atoms with Gasteiger partial charge in [0.25, 0.3) is 0 Å². The van der Waals surface area contributed by atoms with Crippen molar-refractivity contribution in [2.45, 2.75) is 45.3 Å². The van der Waals surface area contributed by atoms with Crippen molar-refractivity contribution in [3.63, 3.8) is 0 Å². The molecular formula is C29H27F3N4O2. The summed E-state index contributed by atoms with van der Waals surface area (Å²) in [5, 5.41) is 13.7. The molecule has 0 radical (unpaired) electrons. The number of hydrogen-bond donors (Lipinski definition) is 2. The number of hydrogen-bond acceptors (Lipinski definition) is 5. The number of nitrogens with one attached hydrogen (secondary N) is 1. The van der Waals surface area contributed by atoms with Crippen molar-refractivity contribution >= 4 is 16.7 Å². The quantitative estimate of drug-likeness (QED) is 0.330. The highest BCUT2D eigenvalue weighted by molar-refractivity contribution is 5.95. The SMILES string of the molecule is C#Cc1cc2nc(C)nc(NC(C)c3cccc(C(F)(F)C(C)(C)O)c3F)c2cc1-c1ccc(=O)n(C)c1. The Labute approximate surface area is 218 Å². The molecule has 0 fully saturated rings. The number of pyridine rings is 1. The van der Waals surface area contributed by atoms with Crippen LogP contribution in [-0.4, -0.2) is 25.2 Å². The molecule has 0 aliphatic heterocycles. The molecule has 0 saturated heterocycles. The van der Waals surface area contributed by atoms with Crippen LogP contribution in [0.4, 0.5) is 19.0 Å². The monoisotopic (exact) mass is 520 g/mol. The molecule has 0 spiro atoms. The molecule has 6 nitrogen and oxygen atoms in total. The Hall–Kier alpha value is -4.16. The lowest BCUT2D eigenvalue weighted by atomic mass is 9.91.